The average molecular weight is 556 g/mol. The SMILES string of the molecule is COC(=O)C1CSC(C(O[Si](C)(C)C)C(O[Si](C)(C)C)C(CO[Si](C)(C)C)O[Si](C)(C)C)N1. The zero-order chi connectivity index (χ0) is 25.8. The van der Waals surface area contributed by atoms with E-state index in [0.717, 1.165) is 0 Å². The summed E-state index contributed by atoms with van der Waals surface area (Å²) in [6.07, 6.45) is -0.807. The molecule has 12 heteroatoms. The lowest BCUT2D eigenvalue weighted by molar-refractivity contribution is -0.142. The van der Waals surface area contributed by atoms with E-state index in [1.807, 2.05) is 0 Å². The molecular formula is C21H49NO6SSi4. The van der Waals surface area contributed by atoms with Gasteiger partial charge in [-0.05, 0) is 78.6 Å². The van der Waals surface area contributed by atoms with E-state index in [-0.39, 0.29) is 35.7 Å². The third kappa shape index (κ3) is 12.8. The second kappa shape index (κ2) is 12.2. The van der Waals surface area contributed by atoms with Gasteiger partial charge in [0.2, 0.25) is 0 Å². The van der Waals surface area contributed by atoms with Crippen molar-refractivity contribution in [3.05, 3.63) is 0 Å². The third-order valence-electron chi connectivity index (χ3n) is 4.45. The summed E-state index contributed by atoms with van der Waals surface area (Å²) in [5.41, 5.74) is 0. The molecule has 7 nitrogen and oxygen atoms in total. The van der Waals surface area contributed by atoms with Crippen molar-refractivity contribution in [2.45, 2.75) is 108 Å². The normalized spacial score (nSPS) is 23.3. The monoisotopic (exact) mass is 555 g/mol. The van der Waals surface area contributed by atoms with Gasteiger partial charge in [-0.3, -0.25) is 10.1 Å². The van der Waals surface area contributed by atoms with Crippen LogP contribution < -0.4 is 5.32 Å². The molecular weight excluding hydrogens is 507 g/mol. The molecule has 0 aromatic rings. The molecule has 1 rings (SSSR count). The summed E-state index contributed by atoms with van der Waals surface area (Å²) in [6.45, 7) is 26.8. The first-order valence-electron chi connectivity index (χ1n) is 11.8. The van der Waals surface area contributed by atoms with E-state index < -0.39 is 33.3 Å². The summed E-state index contributed by atoms with van der Waals surface area (Å²) in [7, 11) is -6.17. The molecule has 1 saturated heterocycles. The number of carbonyl (C=O) groups excluding carboxylic acids is 1. The fourth-order valence-corrected chi connectivity index (χ4v) is 8.77. The van der Waals surface area contributed by atoms with Gasteiger partial charge in [0.15, 0.2) is 33.3 Å². The van der Waals surface area contributed by atoms with Crippen molar-refractivity contribution in [1.29, 1.82) is 0 Å². The zero-order valence-electron chi connectivity index (χ0n) is 23.2. The maximum atomic E-state index is 12.2. The Balaban J connectivity index is 3.41. The highest BCUT2D eigenvalue weighted by Gasteiger charge is 2.46. The molecule has 0 bridgehead atoms. The maximum absolute atomic E-state index is 12.2. The van der Waals surface area contributed by atoms with Crippen molar-refractivity contribution in [1.82, 2.24) is 5.32 Å². The molecule has 1 fully saturated rings. The highest BCUT2D eigenvalue weighted by Crippen LogP contribution is 2.32. The lowest BCUT2D eigenvalue weighted by atomic mass is 10.1. The van der Waals surface area contributed by atoms with Crippen LogP contribution in [-0.4, -0.2) is 88.4 Å². The molecule has 0 radical (unpaired) electrons. The number of nitrogens with one attached hydrogen (secondary N) is 1. The second-order valence-electron chi connectivity index (χ2n) is 12.6. The first-order valence-corrected chi connectivity index (χ1v) is 26.5. The maximum Gasteiger partial charge on any atom is 0.323 e. The Labute approximate surface area is 210 Å². The minimum Gasteiger partial charge on any atom is -0.468 e. The lowest BCUT2D eigenvalue weighted by Crippen LogP contribution is -2.59. The van der Waals surface area contributed by atoms with Gasteiger partial charge in [-0.25, -0.2) is 0 Å². The molecule has 0 aliphatic carbocycles. The standard InChI is InChI=1S/C21H49NO6SSi4/c1-24-21(23)16-15-29-20(22-16)19(28-33(11,12)13)18(27-32(8,9)10)17(26-31(5,6)7)14-25-30(2,3)4/h16-20,22H,14-15H2,1-13H3. The van der Waals surface area contributed by atoms with E-state index in [2.05, 4.69) is 83.9 Å². The molecule has 0 saturated carbocycles. The molecule has 0 spiro atoms. The number of methoxy groups -OCH3 is 1. The van der Waals surface area contributed by atoms with Crippen LogP contribution in [-0.2, 0) is 27.2 Å². The lowest BCUT2D eigenvalue weighted by Gasteiger charge is -2.44. The highest BCUT2D eigenvalue weighted by atomic mass is 32.2. The smallest absolute Gasteiger partial charge is 0.323 e. The number of hydrogen-bond donors (Lipinski definition) is 1. The Morgan fingerprint density at radius 2 is 1.36 bits per heavy atom. The molecule has 5 atom stereocenters. The van der Waals surface area contributed by atoms with Gasteiger partial charge >= 0.3 is 5.97 Å². The van der Waals surface area contributed by atoms with Crippen molar-refractivity contribution in [3.8, 4) is 0 Å². The first-order chi connectivity index (χ1) is 14.7. The summed E-state index contributed by atoms with van der Waals surface area (Å²) < 4.78 is 31.8. The van der Waals surface area contributed by atoms with E-state index in [4.69, 9.17) is 22.4 Å². The van der Waals surface area contributed by atoms with Crippen LogP contribution >= 0.6 is 11.8 Å². The number of esters is 1. The Morgan fingerprint density at radius 1 is 0.848 bits per heavy atom. The van der Waals surface area contributed by atoms with Crippen molar-refractivity contribution >= 4 is 51.0 Å². The molecule has 1 aliphatic rings. The van der Waals surface area contributed by atoms with Gasteiger partial charge in [0.1, 0.15) is 6.04 Å². The number of ether oxygens (including phenoxy) is 1. The Bertz CT molecular complexity index is 630. The summed E-state index contributed by atoms with van der Waals surface area (Å²) in [6, 6.07) is -0.347. The van der Waals surface area contributed by atoms with Gasteiger partial charge in [-0.2, -0.15) is 0 Å². The third-order valence-corrected chi connectivity index (χ3v) is 9.74. The quantitative estimate of drug-likeness (QED) is 0.259. The minimum atomic E-state index is -1.97. The molecule has 1 aliphatic heterocycles. The van der Waals surface area contributed by atoms with E-state index in [9.17, 15) is 4.79 Å². The van der Waals surface area contributed by atoms with Crippen LogP contribution in [0.1, 0.15) is 0 Å². The van der Waals surface area contributed by atoms with Crippen molar-refractivity contribution < 1.29 is 27.2 Å². The minimum absolute atomic E-state index is 0.0956. The fraction of sp³-hybridized carbons (Fsp3) is 0.952. The van der Waals surface area contributed by atoms with Crippen LogP contribution in [0.15, 0.2) is 0 Å². The van der Waals surface area contributed by atoms with E-state index >= 15 is 0 Å². The second-order valence-corrected chi connectivity index (χ2v) is 31.6. The number of rotatable bonds is 13. The Hall–Kier alpha value is 0.488. The molecule has 0 amide bonds. The van der Waals surface area contributed by atoms with Gasteiger partial charge in [-0.15, -0.1) is 11.8 Å². The molecule has 0 aromatic heterocycles. The molecule has 0 aromatic carbocycles. The molecule has 196 valence electrons. The number of thioether (sulfide) groups is 1. The van der Waals surface area contributed by atoms with Crippen LogP contribution in [0.3, 0.4) is 0 Å². The van der Waals surface area contributed by atoms with Crippen LogP contribution in [0, 0.1) is 0 Å². The van der Waals surface area contributed by atoms with Crippen LogP contribution in [0.25, 0.3) is 0 Å². The average Bonchev–Trinajstić information content (AvgIpc) is 3.07. The predicted octanol–water partition coefficient (Wildman–Crippen LogP) is 4.70. The highest BCUT2D eigenvalue weighted by molar-refractivity contribution is 8.00. The van der Waals surface area contributed by atoms with E-state index in [1.54, 1.807) is 11.8 Å². The van der Waals surface area contributed by atoms with Crippen LogP contribution in [0.4, 0.5) is 0 Å². The van der Waals surface area contributed by atoms with E-state index in [0.29, 0.717) is 12.4 Å². The largest absolute Gasteiger partial charge is 0.468 e. The van der Waals surface area contributed by atoms with E-state index in [1.165, 1.54) is 7.11 Å². The Morgan fingerprint density at radius 3 is 1.79 bits per heavy atom. The predicted molar refractivity (Wildman–Crippen MR) is 149 cm³/mol. The van der Waals surface area contributed by atoms with Gasteiger partial charge in [-0.1, -0.05) is 0 Å². The molecule has 33 heavy (non-hydrogen) atoms. The van der Waals surface area contributed by atoms with Gasteiger partial charge in [0.05, 0.1) is 37.4 Å². The summed E-state index contributed by atoms with van der Waals surface area (Å²) in [5, 5.41) is 3.37. The topological polar surface area (TPSA) is 75.3 Å². The van der Waals surface area contributed by atoms with Gasteiger partial charge in [0, 0.05) is 5.75 Å². The molecule has 1 heterocycles. The summed E-state index contributed by atoms with van der Waals surface area (Å²) in [4.78, 5) is 12.2. The van der Waals surface area contributed by atoms with Crippen molar-refractivity contribution in [2.24, 2.45) is 0 Å². The van der Waals surface area contributed by atoms with Crippen LogP contribution in [0.2, 0.25) is 78.6 Å². The summed E-state index contributed by atoms with van der Waals surface area (Å²) >= 11 is 1.70. The zero-order valence-corrected chi connectivity index (χ0v) is 28.0. The number of hydrogen-bond acceptors (Lipinski definition) is 8. The first kappa shape index (κ1) is 31.5. The molecule has 5 unspecified atom stereocenters. The van der Waals surface area contributed by atoms with Gasteiger partial charge < -0.3 is 22.4 Å². The summed E-state index contributed by atoms with van der Waals surface area (Å²) in [5.74, 6) is 0.407. The van der Waals surface area contributed by atoms with Crippen LogP contribution in [0.5, 0.6) is 0 Å². The van der Waals surface area contributed by atoms with Gasteiger partial charge in [0.25, 0.3) is 0 Å². The fourth-order valence-electron chi connectivity index (χ4n) is 3.42. The Kier molecular flexibility index (Phi) is 11.6. The molecule has 1 N–H and O–H groups in total. The van der Waals surface area contributed by atoms with Crippen molar-refractivity contribution in [3.63, 3.8) is 0 Å². The van der Waals surface area contributed by atoms with Crippen molar-refractivity contribution in [2.75, 3.05) is 19.5 Å². The number of carbonyl (C=O) groups is 1.